The van der Waals surface area contributed by atoms with Crippen LogP contribution in [0.25, 0.3) is 0 Å². The van der Waals surface area contributed by atoms with Crippen LogP contribution in [0.4, 0.5) is 4.39 Å². The van der Waals surface area contributed by atoms with Gasteiger partial charge in [-0.1, -0.05) is 30.3 Å². The molecule has 1 amide bonds. The van der Waals surface area contributed by atoms with Crippen molar-refractivity contribution in [3.63, 3.8) is 0 Å². The molecule has 3 aromatic carbocycles. The van der Waals surface area contributed by atoms with Gasteiger partial charge in [-0.05, 0) is 48.0 Å². The minimum atomic E-state index is -4.19. The van der Waals surface area contributed by atoms with Crippen LogP contribution >= 0.6 is 0 Å². The maximum atomic E-state index is 13.4. The quantitative estimate of drug-likeness (QED) is 0.565. The molecule has 1 aliphatic rings. The van der Waals surface area contributed by atoms with Crippen LogP contribution in [0, 0.1) is 5.82 Å². The van der Waals surface area contributed by atoms with E-state index in [2.05, 4.69) is 0 Å². The Balaban J connectivity index is 1.46. The maximum Gasteiger partial charge on any atom is 0.269 e. The number of sulfonamides is 1. The van der Waals surface area contributed by atoms with Gasteiger partial charge >= 0.3 is 0 Å². The molecule has 1 heterocycles. The Hall–Kier alpha value is -3.52. The Morgan fingerprint density at radius 1 is 0.967 bits per heavy atom. The van der Waals surface area contributed by atoms with E-state index in [0.29, 0.717) is 16.7 Å². The summed E-state index contributed by atoms with van der Waals surface area (Å²) in [5, 5.41) is 0. The Kier molecular flexibility index (Phi) is 5.09. The van der Waals surface area contributed by atoms with E-state index in [0.717, 1.165) is 23.8 Å². The number of hydrogen-bond acceptors (Lipinski definition) is 5. The van der Waals surface area contributed by atoms with Gasteiger partial charge in [0.15, 0.2) is 5.78 Å². The minimum Gasteiger partial charge on any atom is -0.489 e. The van der Waals surface area contributed by atoms with Gasteiger partial charge in [-0.15, -0.1) is 0 Å². The largest absolute Gasteiger partial charge is 0.489 e. The fourth-order valence-corrected chi connectivity index (χ4v) is 4.62. The van der Waals surface area contributed by atoms with Crippen LogP contribution in [-0.4, -0.2) is 31.0 Å². The molecule has 152 valence electrons. The molecule has 0 radical (unpaired) electrons. The third kappa shape index (κ3) is 3.69. The number of halogens is 1. The SMILES string of the molecule is O=C(CN1C(=O)c2cc(F)ccc2S1(=O)=O)c1ccc(OCc2ccccc2)cc1. The van der Waals surface area contributed by atoms with E-state index in [1.807, 2.05) is 30.3 Å². The van der Waals surface area contributed by atoms with E-state index in [1.54, 1.807) is 12.1 Å². The maximum absolute atomic E-state index is 13.4. The first-order chi connectivity index (χ1) is 14.4. The van der Waals surface area contributed by atoms with Crippen molar-refractivity contribution in [3.8, 4) is 5.75 Å². The van der Waals surface area contributed by atoms with Crippen molar-refractivity contribution in [3.05, 3.63) is 95.3 Å². The van der Waals surface area contributed by atoms with Gasteiger partial charge in [0, 0.05) is 5.56 Å². The number of fused-ring (bicyclic) bond motifs is 1. The van der Waals surface area contributed by atoms with Gasteiger partial charge < -0.3 is 4.74 Å². The number of benzene rings is 3. The van der Waals surface area contributed by atoms with Crippen molar-refractivity contribution in [2.75, 3.05) is 6.54 Å². The highest BCUT2D eigenvalue weighted by molar-refractivity contribution is 7.90. The molecule has 0 N–H and O–H groups in total. The van der Waals surface area contributed by atoms with Crippen LogP contribution in [-0.2, 0) is 16.6 Å². The van der Waals surface area contributed by atoms with Crippen LogP contribution in [0.5, 0.6) is 5.75 Å². The second-order valence-corrected chi connectivity index (χ2v) is 8.51. The first-order valence-corrected chi connectivity index (χ1v) is 10.5. The van der Waals surface area contributed by atoms with Crippen molar-refractivity contribution < 1.29 is 27.1 Å². The van der Waals surface area contributed by atoms with Crippen LogP contribution in [0.2, 0.25) is 0 Å². The number of hydrogen-bond donors (Lipinski definition) is 0. The molecular formula is C22H16FNO5S. The number of amides is 1. The lowest BCUT2D eigenvalue weighted by atomic mass is 10.1. The van der Waals surface area contributed by atoms with Crippen LogP contribution in [0.15, 0.2) is 77.7 Å². The topological polar surface area (TPSA) is 80.8 Å². The molecule has 30 heavy (non-hydrogen) atoms. The molecule has 0 unspecified atom stereocenters. The highest BCUT2D eigenvalue weighted by Gasteiger charge is 2.42. The summed E-state index contributed by atoms with van der Waals surface area (Å²) in [6.07, 6.45) is 0. The van der Waals surface area contributed by atoms with Gasteiger partial charge in [-0.2, -0.15) is 0 Å². The smallest absolute Gasteiger partial charge is 0.269 e. The molecule has 0 aromatic heterocycles. The summed E-state index contributed by atoms with van der Waals surface area (Å²) in [5.74, 6) is -1.66. The number of Topliss-reactive ketones (excluding diaryl/α,β-unsaturated/α-hetero) is 1. The van der Waals surface area contributed by atoms with Crippen molar-refractivity contribution in [1.29, 1.82) is 0 Å². The summed E-state index contributed by atoms with van der Waals surface area (Å²) < 4.78 is 44.6. The zero-order valence-electron chi connectivity index (χ0n) is 15.6. The Labute approximate surface area is 172 Å². The third-order valence-corrected chi connectivity index (χ3v) is 6.47. The number of carbonyl (C=O) groups is 2. The highest BCUT2D eigenvalue weighted by atomic mass is 32.2. The molecular weight excluding hydrogens is 409 g/mol. The van der Waals surface area contributed by atoms with E-state index in [4.69, 9.17) is 4.74 Å². The molecule has 0 saturated heterocycles. The van der Waals surface area contributed by atoms with Crippen LogP contribution < -0.4 is 4.74 Å². The normalized spacial score (nSPS) is 14.4. The first-order valence-electron chi connectivity index (χ1n) is 9.03. The molecule has 0 bridgehead atoms. The fourth-order valence-electron chi connectivity index (χ4n) is 3.11. The van der Waals surface area contributed by atoms with Gasteiger partial charge in [-0.25, -0.2) is 17.1 Å². The summed E-state index contributed by atoms with van der Waals surface area (Å²) in [7, 11) is -4.19. The highest BCUT2D eigenvalue weighted by Crippen LogP contribution is 2.31. The molecule has 1 aliphatic heterocycles. The Bertz CT molecular complexity index is 1220. The minimum absolute atomic E-state index is 0.229. The van der Waals surface area contributed by atoms with Crippen LogP contribution in [0.1, 0.15) is 26.3 Å². The number of ketones is 1. The molecule has 6 nitrogen and oxygen atoms in total. The zero-order chi connectivity index (χ0) is 21.3. The molecule has 4 rings (SSSR count). The second kappa shape index (κ2) is 7.72. The van der Waals surface area contributed by atoms with Gasteiger partial charge in [0.25, 0.3) is 15.9 Å². The molecule has 8 heteroatoms. The fraction of sp³-hybridized carbons (Fsp3) is 0.0909. The van der Waals surface area contributed by atoms with E-state index < -0.39 is 34.1 Å². The average Bonchev–Trinajstić information content (AvgIpc) is 2.93. The van der Waals surface area contributed by atoms with E-state index >= 15 is 0 Å². The predicted molar refractivity (Wildman–Crippen MR) is 106 cm³/mol. The number of nitrogens with zero attached hydrogens (tertiary/aromatic N) is 1. The average molecular weight is 425 g/mol. The summed E-state index contributed by atoms with van der Waals surface area (Å²) in [6.45, 7) is -0.300. The van der Waals surface area contributed by atoms with E-state index in [1.165, 1.54) is 12.1 Å². The predicted octanol–water partition coefficient (Wildman–Crippen LogP) is 3.43. The molecule has 0 saturated carbocycles. The molecule has 0 aliphatic carbocycles. The van der Waals surface area contributed by atoms with Gasteiger partial charge in [-0.3, -0.25) is 9.59 Å². The molecule has 3 aromatic rings. The lowest BCUT2D eigenvalue weighted by molar-refractivity contribution is 0.0820. The van der Waals surface area contributed by atoms with Gasteiger partial charge in [0.2, 0.25) is 0 Å². The van der Waals surface area contributed by atoms with Crippen LogP contribution in [0.3, 0.4) is 0 Å². The third-order valence-electron chi connectivity index (χ3n) is 4.68. The Morgan fingerprint density at radius 3 is 2.37 bits per heavy atom. The number of carbonyl (C=O) groups excluding carboxylic acids is 2. The van der Waals surface area contributed by atoms with Crippen molar-refractivity contribution in [2.24, 2.45) is 0 Å². The van der Waals surface area contributed by atoms with E-state index in [9.17, 15) is 22.4 Å². The molecule has 0 fully saturated rings. The van der Waals surface area contributed by atoms with Crippen molar-refractivity contribution in [2.45, 2.75) is 11.5 Å². The summed E-state index contributed by atoms with van der Waals surface area (Å²) in [4.78, 5) is 24.7. The summed E-state index contributed by atoms with van der Waals surface area (Å²) in [6, 6.07) is 18.6. The monoisotopic (exact) mass is 425 g/mol. The van der Waals surface area contributed by atoms with Crippen molar-refractivity contribution >= 4 is 21.7 Å². The van der Waals surface area contributed by atoms with Crippen molar-refractivity contribution in [1.82, 2.24) is 4.31 Å². The number of ether oxygens (including phenoxy) is 1. The lowest BCUT2D eigenvalue weighted by Gasteiger charge is -2.14. The summed E-state index contributed by atoms with van der Waals surface area (Å²) >= 11 is 0. The van der Waals surface area contributed by atoms with Gasteiger partial charge in [0.1, 0.15) is 29.6 Å². The molecule has 0 spiro atoms. The Morgan fingerprint density at radius 2 is 1.67 bits per heavy atom. The zero-order valence-corrected chi connectivity index (χ0v) is 16.4. The summed E-state index contributed by atoms with van der Waals surface area (Å²) in [5.41, 5.74) is 0.950. The lowest BCUT2D eigenvalue weighted by Crippen LogP contribution is -2.35. The standard InChI is InChI=1S/C22H16FNO5S/c23-17-8-11-21-19(12-17)22(26)24(30(21,27)28)13-20(25)16-6-9-18(10-7-16)29-14-15-4-2-1-3-5-15/h1-12H,13-14H2. The van der Waals surface area contributed by atoms with Gasteiger partial charge in [0.05, 0.1) is 5.56 Å². The first kappa shape index (κ1) is 19.8. The van der Waals surface area contributed by atoms with E-state index in [-0.39, 0.29) is 16.0 Å². The molecule has 0 atom stereocenters. The second-order valence-electron chi connectivity index (χ2n) is 6.68. The number of rotatable bonds is 6.